The van der Waals surface area contributed by atoms with E-state index < -0.39 is 0 Å². The van der Waals surface area contributed by atoms with Gasteiger partial charge in [-0.2, -0.15) is 0 Å². The van der Waals surface area contributed by atoms with Gasteiger partial charge in [-0.25, -0.2) is 0 Å². The molecule has 2 unspecified atom stereocenters. The normalized spacial score (nSPS) is 26.0. The highest BCUT2D eigenvalue weighted by atomic mass is 32.1. The fourth-order valence-electron chi connectivity index (χ4n) is 3.26. The van der Waals surface area contributed by atoms with Gasteiger partial charge in [-0.15, -0.1) is 11.3 Å². The van der Waals surface area contributed by atoms with E-state index in [-0.39, 0.29) is 5.91 Å². The molecule has 2 aliphatic rings. The standard InChI is InChI=1S/C15H16N2OS/c18-15(17-8-11-6-16-7-12(11)9-17)14-5-10-3-1-2-4-13(10)19-14/h1-5,11-12,16H,6-9H2. The SMILES string of the molecule is O=C(c1cc2ccccc2s1)N1CC2CNCC2C1. The molecule has 98 valence electrons. The van der Waals surface area contributed by atoms with E-state index in [9.17, 15) is 4.79 Å². The minimum absolute atomic E-state index is 0.218. The van der Waals surface area contributed by atoms with Crippen molar-refractivity contribution in [2.45, 2.75) is 0 Å². The fourth-order valence-corrected chi connectivity index (χ4v) is 4.29. The van der Waals surface area contributed by atoms with Crippen molar-refractivity contribution >= 4 is 27.3 Å². The van der Waals surface area contributed by atoms with Gasteiger partial charge in [-0.05, 0) is 29.4 Å². The molecule has 1 amide bonds. The Labute approximate surface area is 116 Å². The van der Waals surface area contributed by atoms with Gasteiger partial charge in [-0.3, -0.25) is 4.79 Å². The lowest BCUT2D eigenvalue weighted by molar-refractivity contribution is 0.0786. The first-order valence-electron chi connectivity index (χ1n) is 6.80. The topological polar surface area (TPSA) is 32.3 Å². The van der Waals surface area contributed by atoms with Crippen LogP contribution in [0.1, 0.15) is 9.67 Å². The lowest BCUT2D eigenvalue weighted by Gasteiger charge is -2.16. The van der Waals surface area contributed by atoms with Crippen molar-refractivity contribution in [2.75, 3.05) is 26.2 Å². The van der Waals surface area contributed by atoms with Crippen LogP contribution in [0.3, 0.4) is 0 Å². The van der Waals surface area contributed by atoms with Gasteiger partial charge in [-0.1, -0.05) is 18.2 Å². The van der Waals surface area contributed by atoms with E-state index in [4.69, 9.17) is 0 Å². The molecule has 4 rings (SSSR count). The van der Waals surface area contributed by atoms with Crippen LogP contribution >= 0.6 is 11.3 Å². The smallest absolute Gasteiger partial charge is 0.263 e. The zero-order valence-corrected chi connectivity index (χ0v) is 11.5. The molecule has 0 radical (unpaired) electrons. The summed E-state index contributed by atoms with van der Waals surface area (Å²) in [5.74, 6) is 1.55. The monoisotopic (exact) mass is 272 g/mol. The Kier molecular flexibility index (Phi) is 2.60. The van der Waals surface area contributed by atoms with E-state index in [0.29, 0.717) is 11.8 Å². The van der Waals surface area contributed by atoms with Crippen LogP contribution in [0.15, 0.2) is 30.3 Å². The highest BCUT2D eigenvalue weighted by Gasteiger charge is 2.38. The number of hydrogen-bond donors (Lipinski definition) is 1. The number of likely N-dealkylation sites (tertiary alicyclic amines) is 1. The molecule has 1 aromatic heterocycles. The van der Waals surface area contributed by atoms with Gasteiger partial charge in [0.2, 0.25) is 0 Å². The third-order valence-electron chi connectivity index (χ3n) is 4.31. The summed E-state index contributed by atoms with van der Waals surface area (Å²) >= 11 is 1.61. The summed E-state index contributed by atoms with van der Waals surface area (Å²) in [5, 5.41) is 4.59. The summed E-state index contributed by atoms with van der Waals surface area (Å²) in [6.07, 6.45) is 0. The van der Waals surface area contributed by atoms with E-state index in [2.05, 4.69) is 17.4 Å². The van der Waals surface area contributed by atoms with Gasteiger partial charge in [0.05, 0.1) is 4.88 Å². The first-order chi connectivity index (χ1) is 9.31. The van der Waals surface area contributed by atoms with Crippen molar-refractivity contribution in [1.29, 1.82) is 0 Å². The number of benzene rings is 1. The number of carbonyl (C=O) groups is 1. The summed E-state index contributed by atoms with van der Waals surface area (Å²) in [4.78, 5) is 15.5. The average molecular weight is 272 g/mol. The molecular formula is C15H16N2OS. The second-order valence-corrected chi connectivity index (χ2v) is 6.62. The van der Waals surface area contributed by atoms with Crippen molar-refractivity contribution in [3.63, 3.8) is 0 Å². The van der Waals surface area contributed by atoms with Crippen LogP contribution in [0.2, 0.25) is 0 Å². The zero-order valence-electron chi connectivity index (χ0n) is 10.6. The Bertz CT molecular complexity index is 591. The fraction of sp³-hybridized carbons (Fsp3) is 0.400. The molecule has 19 heavy (non-hydrogen) atoms. The number of thiophene rings is 1. The van der Waals surface area contributed by atoms with E-state index in [1.807, 2.05) is 23.1 Å². The number of amides is 1. The van der Waals surface area contributed by atoms with Gasteiger partial charge in [0, 0.05) is 30.9 Å². The van der Waals surface area contributed by atoms with Gasteiger partial charge in [0.25, 0.3) is 5.91 Å². The first kappa shape index (κ1) is 11.4. The van der Waals surface area contributed by atoms with Gasteiger partial charge in [0.1, 0.15) is 0 Å². The van der Waals surface area contributed by atoms with Crippen LogP contribution in [-0.4, -0.2) is 37.0 Å². The molecule has 0 bridgehead atoms. The maximum absolute atomic E-state index is 12.6. The molecule has 2 aromatic rings. The molecule has 2 atom stereocenters. The molecule has 1 aromatic carbocycles. The van der Waals surface area contributed by atoms with E-state index in [1.54, 1.807) is 11.3 Å². The second-order valence-electron chi connectivity index (χ2n) is 5.54. The van der Waals surface area contributed by atoms with Gasteiger partial charge in [0.15, 0.2) is 0 Å². The molecule has 0 aliphatic carbocycles. The molecule has 4 heteroatoms. The summed E-state index contributed by atoms with van der Waals surface area (Å²) < 4.78 is 1.20. The Balaban J connectivity index is 1.60. The van der Waals surface area contributed by atoms with Crippen molar-refractivity contribution in [1.82, 2.24) is 10.2 Å². The predicted octanol–water partition coefficient (Wildman–Crippen LogP) is 2.19. The first-order valence-corrected chi connectivity index (χ1v) is 7.61. The molecule has 2 aliphatic heterocycles. The molecule has 3 nitrogen and oxygen atoms in total. The third kappa shape index (κ3) is 1.86. The zero-order chi connectivity index (χ0) is 12.8. The number of hydrogen-bond acceptors (Lipinski definition) is 3. The Morgan fingerprint density at radius 2 is 1.95 bits per heavy atom. The van der Waals surface area contributed by atoms with Crippen molar-refractivity contribution < 1.29 is 4.79 Å². The van der Waals surface area contributed by atoms with E-state index >= 15 is 0 Å². The summed E-state index contributed by atoms with van der Waals surface area (Å²) in [6.45, 7) is 3.98. The minimum atomic E-state index is 0.218. The van der Waals surface area contributed by atoms with Crippen LogP contribution in [0, 0.1) is 11.8 Å². The number of nitrogens with zero attached hydrogens (tertiary/aromatic N) is 1. The van der Waals surface area contributed by atoms with Crippen molar-refractivity contribution in [3.8, 4) is 0 Å². The molecule has 2 saturated heterocycles. The number of fused-ring (bicyclic) bond motifs is 2. The Morgan fingerprint density at radius 1 is 1.21 bits per heavy atom. The number of rotatable bonds is 1. The third-order valence-corrected chi connectivity index (χ3v) is 5.42. The highest BCUT2D eigenvalue weighted by Crippen LogP contribution is 2.31. The van der Waals surface area contributed by atoms with Crippen LogP contribution in [0.5, 0.6) is 0 Å². The van der Waals surface area contributed by atoms with Gasteiger partial charge >= 0.3 is 0 Å². The Morgan fingerprint density at radius 3 is 2.68 bits per heavy atom. The van der Waals surface area contributed by atoms with Crippen molar-refractivity contribution in [2.24, 2.45) is 11.8 Å². The van der Waals surface area contributed by atoms with Crippen LogP contribution in [0.4, 0.5) is 0 Å². The lowest BCUT2D eigenvalue weighted by Crippen LogP contribution is -2.31. The predicted molar refractivity (Wildman–Crippen MR) is 77.6 cm³/mol. The minimum Gasteiger partial charge on any atom is -0.337 e. The lowest BCUT2D eigenvalue weighted by atomic mass is 10.0. The van der Waals surface area contributed by atoms with Gasteiger partial charge < -0.3 is 10.2 Å². The number of carbonyl (C=O) groups excluding carboxylic acids is 1. The average Bonchev–Trinajstić information content (AvgIpc) is 3.10. The maximum atomic E-state index is 12.6. The summed E-state index contributed by atoms with van der Waals surface area (Å²) in [6, 6.07) is 10.2. The summed E-state index contributed by atoms with van der Waals surface area (Å²) in [7, 11) is 0. The Hall–Kier alpha value is -1.39. The largest absolute Gasteiger partial charge is 0.337 e. The molecular weight excluding hydrogens is 256 g/mol. The van der Waals surface area contributed by atoms with Crippen LogP contribution < -0.4 is 5.32 Å². The molecule has 0 saturated carbocycles. The molecule has 0 spiro atoms. The van der Waals surface area contributed by atoms with E-state index in [1.165, 1.54) is 10.1 Å². The molecule has 3 heterocycles. The maximum Gasteiger partial charge on any atom is 0.263 e. The second kappa shape index (κ2) is 4.32. The summed E-state index contributed by atoms with van der Waals surface area (Å²) in [5.41, 5.74) is 0. The van der Waals surface area contributed by atoms with Crippen molar-refractivity contribution in [3.05, 3.63) is 35.2 Å². The quantitative estimate of drug-likeness (QED) is 0.863. The van der Waals surface area contributed by atoms with Crippen LogP contribution in [0.25, 0.3) is 10.1 Å². The molecule has 2 fully saturated rings. The highest BCUT2D eigenvalue weighted by molar-refractivity contribution is 7.20. The molecule has 1 N–H and O–H groups in total. The number of nitrogens with one attached hydrogen (secondary N) is 1. The van der Waals surface area contributed by atoms with E-state index in [0.717, 1.165) is 31.1 Å². The van der Waals surface area contributed by atoms with Crippen LogP contribution in [-0.2, 0) is 0 Å².